The van der Waals surface area contributed by atoms with Gasteiger partial charge < -0.3 is 10.4 Å². The summed E-state index contributed by atoms with van der Waals surface area (Å²) in [5.41, 5.74) is 0.458. The van der Waals surface area contributed by atoms with Crippen molar-refractivity contribution >= 4 is 0 Å². The van der Waals surface area contributed by atoms with Gasteiger partial charge in [-0.3, -0.25) is 0 Å². The molecule has 1 saturated carbocycles. The van der Waals surface area contributed by atoms with Crippen molar-refractivity contribution in [3.05, 3.63) is 12.2 Å². The third-order valence-corrected chi connectivity index (χ3v) is 3.59. The lowest BCUT2D eigenvalue weighted by molar-refractivity contribution is 0.243. The molecule has 0 aromatic carbocycles. The third-order valence-electron chi connectivity index (χ3n) is 3.59. The summed E-state index contributed by atoms with van der Waals surface area (Å²) in [6.07, 6.45) is 12.0. The van der Waals surface area contributed by atoms with Crippen LogP contribution in [-0.4, -0.2) is 24.3 Å². The molecule has 0 aromatic heterocycles. The molecule has 1 unspecified atom stereocenters. The first-order valence-corrected chi connectivity index (χ1v) is 5.86. The van der Waals surface area contributed by atoms with Crippen molar-refractivity contribution in [2.45, 2.75) is 44.6 Å². The molecule has 0 aliphatic heterocycles. The Morgan fingerprint density at radius 2 is 2.29 bits per heavy atom. The standard InChI is InChI=1S/C12H21NO/c14-9-8-12(6-7-12)10-13-11-4-2-1-3-5-11/h2,4,11,13-14H,1,3,5-10H2. The molecule has 2 nitrogen and oxygen atoms in total. The van der Waals surface area contributed by atoms with Crippen molar-refractivity contribution in [1.82, 2.24) is 5.32 Å². The summed E-state index contributed by atoms with van der Waals surface area (Å²) in [4.78, 5) is 0. The Morgan fingerprint density at radius 1 is 1.43 bits per heavy atom. The van der Waals surface area contributed by atoms with Gasteiger partial charge in [-0.15, -0.1) is 0 Å². The largest absolute Gasteiger partial charge is 0.396 e. The second-order valence-corrected chi connectivity index (χ2v) is 4.82. The zero-order valence-corrected chi connectivity index (χ0v) is 8.84. The van der Waals surface area contributed by atoms with Gasteiger partial charge in [-0.1, -0.05) is 12.2 Å². The molecule has 14 heavy (non-hydrogen) atoms. The Morgan fingerprint density at radius 3 is 2.86 bits per heavy atom. The molecular formula is C12H21NO. The monoisotopic (exact) mass is 195 g/mol. The van der Waals surface area contributed by atoms with Crippen LogP contribution in [0, 0.1) is 5.41 Å². The average molecular weight is 195 g/mol. The molecule has 2 rings (SSSR count). The number of allylic oxidation sites excluding steroid dienone is 1. The average Bonchev–Trinajstić information content (AvgIpc) is 2.98. The normalized spacial score (nSPS) is 29.1. The Hall–Kier alpha value is -0.340. The summed E-state index contributed by atoms with van der Waals surface area (Å²) in [5, 5.41) is 12.5. The van der Waals surface area contributed by atoms with Gasteiger partial charge in [0, 0.05) is 19.2 Å². The molecule has 0 aromatic rings. The summed E-state index contributed by atoms with van der Waals surface area (Å²) in [6, 6.07) is 0.597. The fourth-order valence-electron chi connectivity index (χ4n) is 2.26. The maximum absolute atomic E-state index is 8.94. The van der Waals surface area contributed by atoms with E-state index in [0.717, 1.165) is 13.0 Å². The fraction of sp³-hybridized carbons (Fsp3) is 0.833. The van der Waals surface area contributed by atoms with Crippen LogP contribution in [0.4, 0.5) is 0 Å². The number of aliphatic hydroxyl groups excluding tert-OH is 1. The molecule has 0 amide bonds. The number of rotatable bonds is 5. The minimum Gasteiger partial charge on any atom is -0.396 e. The Kier molecular flexibility index (Phi) is 3.24. The van der Waals surface area contributed by atoms with Crippen LogP contribution in [0.15, 0.2) is 12.2 Å². The van der Waals surface area contributed by atoms with E-state index in [4.69, 9.17) is 5.11 Å². The van der Waals surface area contributed by atoms with Crippen LogP contribution in [0.25, 0.3) is 0 Å². The minimum atomic E-state index is 0.349. The number of nitrogens with one attached hydrogen (secondary N) is 1. The number of hydrogen-bond acceptors (Lipinski definition) is 2. The maximum Gasteiger partial charge on any atom is 0.0436 e. The Balaban J connectivity index is 1.71. The van der Waals surface area contributed by atoms with Crippen LogP contribution in [0.5, 0.6) is 0 Å². The van der Waals surface area contributed by atoms with Crippen molar-refractivity contribution in [3.63, 3.8) is 0 Å². The highest BCUT2D eigenvalue weighted by Crippen LogP contribution is 2.48. The molecule has 1 fully saturated rings. The van der Waals surface area contributed by atoms with Gasteiger partial charge in [0.1, 0.15) is 0 Å². The molecule has 0 radical (unpaired) electrons. The van der Waals surface area contributed by atoms with Gasteiger partial charge in [0.25, 0.3) is 0 Å². The molecule has 2 N–H and O–H groups in total. The van der Waals surface area contributed by atoms with E-state index in [2.05, 4.69) is 17.5 Å². The highest BCUT2D eigenvalue weighted by molar-refractivity contribution is 5.01. The summed E-state index contributed by atoms with van der Waals surface area (Å²) >= 11 is 0. The van der Waals surface area contributed by atoms with Gasteiger partial charge in [0.15, 0.2) is 0 Å². The van der Waals surface area contributed by atoms with E-state index in [1.807, 2.05) is 0 Å². The van der Waals surface area contributed by atoms with Crippen LogP contribution >= 0.6 is 0 Å². The second-order valence-electron chi connectivity index (χ2n) is 4.82. The van der Waals surface area contributed by atoms with Crippen LogP contribution in [0.2, 0.25) is 0 Å². The van der Waals surface area contributed by atoms with Gasteiger partial charge in [-0.25, -0.2) is 0 Å². The summed E-state index contributed by atoms with van der Waals surface area (Å²) in [6.45, 7) is 1.45. The van der Waals surface area contributed by atoms with E-state index < -0.39 is 0 Å². The lowest BCUT2D eigenvalue weighted by Crippen LogP contribution is -2.34. The van der Waals surface area contributed by atoms with E-state index in [9.17, 15) is 0 Å². The van der Waals surface area contributed by atoms with Crippen LogP contribution in [0.3, 0.4) is 0 Å². The van der Waals surface area contributed by atoms with E-state index in [-0.39, 0.29) is 0 Å². The summed E-state index contributed by atoms with van der Waals surface area (Å²) in [5.74, 6) is 0. The Labute approximate surface area is 86.4 Å². The van der Waals surface area contributed by atoms with Crippen molar-refractivity contribution < 1.29 is 5.11 Å². The topological polar surface area (TPSA) is 32.3 Å². The van der Waals surface area contributed by atoms with Gasteiger partial charge in [-0.05, 0) is 43.9 Å². The van der Waals surface area contributed by atoms with Crippen LogP contribution < -0.4 is 5.32 Å². The smallest absolute Gasteiger partial charge is 0.0436 e. The molecule has 2 aliphatic rings. The van der Waals surface area contributed by atoms with Crippen LogP contribution in [-0.2, 0) is 0 Å². The highest BCUT2D eigenvalue weighted by atomic mass is 16.3. The quantitative estimate of drug-likeness (QED) is 0.656. The molecule has 0 saturated heterocycles. The SMILES string of the molecule is OCCC1(CNC2C=CCCC2)CC1. The predicted molar refractivity (Wildman–Crippen MR) is 58.2 cm³/mol. The zero-order chi connectivity index (χ0) is 9.86. The highest BCUT2D eigenvalue weighted by Gasteiger charge is 2.41. The molecule has 2 aliphatic carbocycles. The first-order chi connectivity index (χ1) is 6.85. The minimum absolute atomic E-state index is 0.349. The summed E-state index contributed by atoms with van der Waals surface area (Å²) in [7, 11) is 0. The summed E-state index contributed by atoms with van der Waals surface area (Å²) < 4.78 is 0. The molecule has 80 valence electrons. The zero-order valence-electron chi connectivity index (χ0n) is 8.84. The molecule has 0 bridgehead atoms. The first kappa shape index (κ1) is 10.2. The first-order valence-electron chi connectivity index (χ1n) is 5.86. The van der Waals surface area contributed by atoms with E-state index >= 15 is 0 Å². The van der Waals surface area contributed by atoms with Crippen molar-refractivity contribution in [1.29, 1.82) is 0 Å². The van der Waals surface area contributed by atoms with Gasteiger partial charge >= 0.3 is 0 Å². The van der Waals surface area contributed by atoms with Crippen molar-refractivity contribution in [2.24, 2.45) is 5.41 Å². The second kappa shape index (κ2) is 4.45. The molecule has 1 atom stereocenters. The number of aliphatic hydroxyl groups is 1. The van der Waals surface area contributed by atoms with Crippen molar-refractivity contribution in [2.75, 3.05) is 13.2 Å². The molecule has 0 spiro atoms. The molecule has 2 heteroatoms. The fourth-order valence-corrected chi connectivity index (χ4v) is 2.26. The maximum atomic E-state index is 8.94. The molecular weight excluding hydrogens is 174 g/mol. The van der Waals surface area contributed by atoms with Gasteiger partial charge in [-0.2, -0.15) is 0 Å². The van der Waals surface area contributed by atoms with E-state index in [1.54, 1.807) is 0 Å². The van der Waals surface area contributed by atoms with Gasteiger partial charge in [0.2, 0.25) is 0 Å². The third kappa shape index (κ3) is 2.58. The Bertz CT molecular complexity index is 208. The van der Waals surface area contributed by atoms with Gasteiger partial charge in [0.05, 0.1) is 0 Å². The van der Waals surface area contributed by atoms with E-state index in [0.29, 0.717) is 18.1 Å². The number of hydrogen-bond donors (Lipinski definition) is 2. The lowest BCUT2D eigenvalue weighted by Gasteiger charge is -2.22. The van der Waals surface area contributed by atoms with Crippen molar-refractivity contribution in [3.8, 4) is 0 Å². The molecule has 0 heterocycles. The predicted octanol–water partition coefficient (Wildman–Crippen LogP) is 1.85. The lowest BCUT2D eigenvalue weighted by atomic mass is 9.99. The van der Waals surface area contributed by atoms with Crippen LogP contribution in [0.1, 0.15) is 38.5 Å². The van der Waals surface area contributed by atoms with E-state index in [1.165, 1.54) is 32.1 Å².